The Morgan fingerprint density at radius 3 is 2.38 bits per heavy atom. The highest BCUT2D eigenvalue weighted by Crippen LogP contribution is 2.38. The maximum atomic E-state index is 13.2. The second kappa shape index (κ2) is 8.89. The van der Waals surface area contributed by atoms with E-state index < -0.39 is 0 Å². The fourth-order valence-corrected chi connectivity index (χ4v) is 5.89. The van der Waals surface area contributed by atoms with Crippen molar-refractivity contribution in [3.63, 3.8) is 0 Å². The number of aromatic nitrogens is 1. The Kier molecular flexibility index (Phi) is 6.35. The molecule has 1 aromatic carbocycles. The van der Waals surface area contributed by atoms with E-state index in [0.29, 0.717) is 31.1 Å². The Hall–Kier alpha value is -2.34. The second-order valence-corrected chi connectivity index (χ2v) is 10.6. The lowest BCUT2D eigenvalue weighted by atomic mass is 9.90. The number of para-hydroxylation sites is 1. The summed E-state index contributed by atoms with van der Waals surface area (Å²) < 4.78 is 2.21. The van der Waals surface area contributed by atoms with Crippen LogP contribution in [0.3, 0.4) is 0 Å². The van der Waals surface area contributed by atoms with E-state index in [1.54, 1.807) is 0 Å². The third kappa shape index (κ3) is 4.56. The summed E-state index contributed by atoms with van der Waals surface area (Å²) >= 11 is 0. The number of nitrogens with zero attached hydrogens (tertiary/aromatic N) is 2. The molecule has 2 bridgehead atoms. The van der Waals surface area contributed by atoms with Crippen molar-refractivity contribution in [1.82, 2.24) is 20.1 Å². The first-order valence-electron chi connectivity index (χ1n) is 12.1. The normalized spacial score (nSPS) is 23.5. The molecule has 6 nitrogen and oxygen atoms in total. The van der Waals surface area contributed by atoms with Gasteiger partial charge in [0, 0.05) is 47.3 Å². The lowest BCUT2D eigenvalue weighted by Crippen LogP contribution is -2.52. The lowest BCUT2D eigenvalue weighted by molar-refractivity contribution is -0.125. The summed E-state index contributed by atoms with van der Waals surface area (Å²) in [6.07, 6.45) is 4.41. The molecule has 2 saturated heterocycles. The molecule has 2 N–H and O–H groups in total. The largest absolute Gasteiger partial charge is 0.352 e. The van der Waals surface area contributed by atoms with Crippen LogP contribution in [0.2, 0.25) is 0 Å². The third-order valence-corrected chi connectivity index (χ3v) is 7.15. The highest BCUT2D eigenvalue weighted by atomic mass is 16.2. The quantitative estimate of drug-likeness (QED) is 0.720. The second-order valence-electron chi connectivity index (χ2n) is 10.6. The summed E-state index contributed by atoms with van der Waals surface area (Å²) in [5.74, 6) is 0.618. The number of hydrogen-bond acceptors (Lipinski definition) is 3. The van der Waals surface area contributed by atoms with Crippen molar-refractivity contribution in [3.8, 4) is 0 Å². The molecule has 0 spiro atoms. The standard InChI is InChI=1S/C26H38N4O2/c1-6-29-17(2)24(21-9-7-8-10-22(21)29)25(32)27-15-18-13-19-11-12-20(14-18)30(19)16-23(31)28-26(3,4)5/h7-10,18-20H,6,11-16H2,1-5H3,(H,27,32)(H,28,31). The summed E-state index contributed by atoms with van der Waals surface area (Å²) in [7, 11) is 0. The Morgan fingerprint density at radius 1 is 1.09 bits per heavy atom. The number of carbonyl (C=O) groups is 2. The van der Waals surface area contributed by atoms with Crippen LogP contribution >= 0.6 is 0 Å². The van der Waals surface area contributed by atoms with Gasteiger partial charge in [-0.3, -0.25) is 14.5 Å². The summed E-state index contributed by atoms with van der Waals surface area (Å²) in [4.78, 5) is 28.0. The van der Waals surface area contributed by atoms with Gasteiger partial charge in [-0.05, 0) is 72.3 Å². The van der Waals surface area contributed by atoms with Crippen LogP contribution in [0.15, 0.2) is 24.3 Å². The van der Waals surface area contributed by atoms with Crippen molar-refractivity contribution in [1.29, 1.82) is 0 Å². The number of amides is 2. The molecule has 32 heavy (non-hydrogen) atoms. The molecule has 2 unspecified atom stereocenters. The smallest absolute Gasteiger partial charge is 0.253 e. The van der Waals surface area contributed by atoms with Gasteiger partial charge in [0.05, 0.1) is 12.1 Å². The number of aryl methyl sites for hydroxylation is 1. The Balaban J connectivity index is 1.38. The fraction of sp³-hybridized carbons (Fsp3) is 0.615. The number of hydrogen-bond donors (Lipinski definition) is 2. The maximum absolute atomic E-state index is 13.2. The van der Waals surface area contributed by atoms with Crippen LogP contribution in [-0.4, -0.2) is 52.0 Å². The van der Waals surface area contributed by atoms with E-state index >= 15 is 0 Å². The predicted octanol–water partition coefficient (Wildman–Crippen LogP) is 3.86. The first-order chi connectivity index (χ1) is 15.2. The van der Waals surface area contributed by atoms with Crippen molar-refractivity contribution in [2.75, 3.05) is 13.1 Å². The average molecular weight is 439 g/mol. The van der Waals surface area contributed by atoms with Crippen LogP contribution in [0.5, 0.6) is 0 Å². The van der Waals surface area contributed by atoms with Gasteiger partial charge in [-0.1, -0.05) is 18.2 Å². The van der Waals surface area contributed by atoms with Gasteiger partial charge in [-0.25, -0.2) is 0 Å². The van der Waals surface area contributed by atoms with Gasteiger partial charge >= 0.3 is 0 Å². The molecule has 0 aliphatic carbocycles. The van der Waals surface area contributed by atoms with Gasteiger partial charge < -0.3 is 15.2 Å². The average Bonchev–Trinajstić information content (AvgIpc) is 3.12. The van der Waals surface area contributed by atoms with Crippen molar-refractivity contribution in [3.05, 3.63) is 35.5 Å². The number of rotatable bonds is 6. The van der Waals surface area contributed by atoms with E-state index in [4.69, 9.17) is 0 Å². The zero-order valence-corrected chi connectivity index (χ0v) is 20.2. The van der Waals surface area contributed by atoms with Crippen molar-refractivity contribution < 1.29 is 9.59 Å². The SMILES string of the molecule is CCn1c(C)c(C(=O)NCC2CC3CCC(C2)N3CC(=O)NC(C)(C)C)c2ccccc21. The zero-order chi connectivity index (χ0) is 23.0. The van der Waals surface area contributed by atoms with Crippen LogP contribution in [0.1, 0.15) is 69.4 Å². The number of fused-ring (bicyclic) bond motifs is 3. The molecule has 6 heteroatoms. The highest BCUT2D eigenvalue weighted by molar-refractivity contribution is 6.08. The summed E-state index contributed by atoms with van der Waals surface area (Å²) in [5.41, 5.74) is 2.77. The van der Waals surface area contributed by atoms with Gasteiger partial charge in [0.1, 0.15) is 0 Å². The van der Waals surface area contributed by atoms with Crippen LogP contribution in [0.4, 0.5) is 0 Å². The molecular formula is C26H38N4O2. The van der Waals surface area contributed by atoms with E-state index in [0.717, 1.165) is 54.4 Å². The lowest BCUT2D eigenvalue weighted by Gasteiger charge is -2.39. The molecule has 2 aliphatic rings. The van der Waals surface area contributed by atoms with E-state index in [9.17, 15) is 9.59 Å². The molecule has 3 heterocycles. The number of nitrogens with one attached hydrogen (secondary N) is 2. The molecule has 2 aromatic rings. The summed E-state index contributed by atoms with van der Waals surface area (Å²) in [5, 5.41) is 7.37. The van der Waals surface area contributed by atoms with Crippen molar-refractivity contribution >= 4 is 22.7 Å². The maximum Gasteiger partial charge on any atom is 0.253 e. The van der Waals surface area contributed by atoms with Crippen LogP contribution in [0, 0.1) is 12.8 Å². The molecule has 0 radical (unpaired) electrons. The minimum Gasteiger partial charge on any atom is -0.352 e. The molecule has 1 aromatic heterocycles. The Bertz CT molecular complexity index is 989. The predicted molar refractivity (Wildman–Crippen MR) is 129 cm³/mol. The number of benzene rings is 1. The van der Waals surface area contributed by atoms with Crippen LogP contribution < -0.4 is 10.6 Å². The molecule has 2 fully saturated rings. The van der Waals surface area contributed by atoms with E-state index in [1.807, 2.05) is 45.9 Å². The monoisotopic (exact) mass is 438 g/mol. The molecule has 2 atom stereocenters. The van der Waals surface area contributed by atoms with E-state index in [2.05, 4.69) is 33.1 Å². The first kappa shape index (κ1) is 22.8. The fourth-order valence-electron chi connectivity index (χ4n) is 5.89. The molecular weight excluding hydrogens is 400 g/mol. The van der Waals surface area contributed by atoms with E-state index in [1.165, 1.54) is 0 Å². The van der Waals surface area contributed by atoms with Gasteiger partial charge in [0.2, 0.25) is 5.91 Å². The molecule has 2 aliphatic heterocycles. The van der Waals surface area contributed by atoms with Crippen LogP contribution in [0.25, 0.3) is 10.9 Å². The summed E-state index contributed by atoms with van der Waals surface area (Å²) in [6, 6.07) is 9.06. The number of carbonyl (C=O) groups excluding carboxylic acids is 2. The van der Waals surface area contributed by atoms with Crippen molar-refractivity contribution in [2.24, 2.45) is 5.92 Å². The first-order valence-corrected chi connectivity index (χ1v) is 12.1. The Labute approximate surface area is 191 Å². The van der Waals surface area contributed by atoms with E-state index in [-0.39, 0.29) is 17.4 Å². The molecule has 4 rings (SSSR count). The van der Waals surface area contributed by atoms with Gasteiger partial charge in [0.15, 0.2) is 0 Å². The van der Waals surface area contributed by atoms with Gasteiger partial charge in [0.25, 0.3) is 5.91 Å². The van der Waals surface area contributed by atoms with Gasteiger partial charge in [-0.15, -0.1) is 0 Å². The van der Waals surface area contributed by atoms with Crippen molar-refractivity contribution in [2.45, 2.75) is 84.5 Å². The topological polar surface area (TPSA) is 66.4 Å². The number of piperidine rings is 1. The zero-order valence-electron chi connectivity index (χ0n) is 20.2. The minimum atomic E-state index is -0.197. The molecule has 174 valence electrons. The molecule has 2 amide bonds. The molecule has 0 saturated carbocycles. The highest BCUT2D eigenvalue weighted by Gasteiger charge is 2.41. The third-order valence-electron chi connectivity index (χ3n) is 7.15. The summed E-state index contributed by atoms with van der Waals surface area (Å²) in [6.45, 7) is 12.3. The Morgan fingerprint density at radius 2 is 1.75 bits per heavy atom. The van der Waals surface area contributed by atoms with Crippen LogP contribution in [-0.2, 0) is 11.3 Å². The minimum absolute atomic E-state index is 0.0326. The van der Waals surface area contributed by atoms with Gasteiger partial charge in [-0.2, -0.15) is 0 Å².